The summed E-state index contributed by atoms with van der Waals surface area (Å²) in [7, 11) is 0. The van der Waals surface area contributed by atoms with E-state index in [4.69, 9.17) is 5.11 Å². The van der Waals surface area contributed by atoms with Crippen LogP contribution in [0.15, 0.2) is 24.3 Å². The lowest BCUT2D eigenvalue weighted by Crippen LogP contribution is -2.17. The van der Waals surface area contributed by atoms with Crippen molar-refractivity contribution in [2.24, 2.45) is 0 Å². The molecule has 0 atom stereocenters. The van der Waals surface area contributed by atoms with E-state index in [1.165, 1.54) is 0 Å². The highest BCUT2D eigenvalue weighted by molar-refractivity contribution is 5.74. The van der Waals surface area contributed by atoms with E-state index < -0.39 is 0 Å². The van der Waals surface area contributed by atoms with Crippen molar-refractivity contribution < 1.29 is 5.11 Å². The van der Waals surface area contributed by atoms with Crippen molar-refractivity contribution in [2.75, 3.05) is 19.7 Å². The summed E-state index contributed by atoms with van der Waals surface area (Å²) in [6, 6.07) is 8.14. The Kier molecular flexibility index (Phi) is 5.85. The Morgan fingerprint density at radius 1 is 1.05 bits per heavy atom. The summed E-state index contributed by atoms with van der Waals surface area (Å²) in [4.78, 5) is 7.91. The van der Waals surface area contributed by atoms with Gasteiger partial charge < -0.3 is 15.4 Å². The fourth-order valence-corrected chi connectivity index (χ4v) is 2.17. The molecule has 0 radical (unpaired) electrons. The van der Waals surface area contributed by atoms with Gasteiger partial charge in [0.1, 0.15) is 5.82 Å². The predicted octanol–water partition coefficient (Wildman–Crippen LogP) is 2.25. The standard InChI is InChI=1S/C15H23N3O/c19-12-5-1-4-10-16-11-6-9-15-17-13-7-2-3-8-14(13)18-15/h2-3,7-8,16,19H,1,4-6,9-12H2,(H,17,18). The van der Waals surface area contributed by atoms with Crippen molar-refractivity contribution in [1.82, 2.24) is 15.3 Å². The van der Waals surface area contributed by atoms with Crippen LogP contribution in [0.4, 0.5) is 0 Å². The normalized spacial score (nSPS) is 11.2. The third-order valence-electron chi connectivity index (χ3n) is 3.22. The van der Waals surface area contributed by atoms with Crippen LogP contribution >= 0.6 is 0 Å². The number of hydrogen-bond donors (Lipinski definition) is 3. The van der Waals surface area contributed by atoms with Crippen LogP contribution in [0.5, 0.6) is 0 Å². The van der Waals surface area contributed by atoms with Crippen LogP contribution in [0, 0.1) is 0 Å². The average molecular weight is 261 g/mol. The molecule has 0 saturated carbocycles. The zero-order valence-corrected chi connectivity index (χ0v) is 11.4. The van der Waals surface area contributed by atoms with Crippen LogP contribution in [-0.4, -0.2) is 34.8 Å². The van der Waals surface area contributed by atoms with Crippen molar-refractivity contribution in [1.29, 1.82) is 0 Å². The lowest BCUT2D eigenvalue weighted by molar-refractivity contribution is 0.283. The molecule has 104 valence electrons. The molecule has 0 unspecified atom stereocenters. The Balaban J connectivity index is 1.60. The molecule has 1 heterocycles. The second-order valence-corrected chi connectivity index (χ2v) is 4.84. The van der Waals surface area contributed by atoms with Gasteiger partial charge in [-0.25, -0.2) is 4.98 Å². The van der Waals surface area contributed by atoms with Gasteiger partial charge in [-0.05, 0) is 50.9 Å². The second kappa shape index (κ2) is 7.92. The van der Waals surface area contributed by atoms with Gasteiger partial charge in [-0.3, -0.25) is 0 Å². The summed E-state index contributed by atoms with van der Waals surface area (Å²) in [5.41, 5.74) is 2.17. The number of aromatic amines is 1. The second-order valence-electron chi connectivity index (χ2n) is 4.84. The van der Waals surface area contributed by atoms with Crippen molar-refractivity contribution in [3.05, 3.63) is 30.1 Å². The number of fused-ring (bicyclic) bond motifs is 1. The fourth-order valence-electron chi connectivity index (χ4n) is 2.17. The molecule has 2 rings (SSSR count). The van der Waals surface area contributed by atoms with Gasteiger partial charge in [0.25, 0.3) is 0 Å². The molecular formula is C15H23N3O. The van der Waals surface area contributed by atoms with Crippen molar-refractivity contribution >= 4 is 11.0 Å². The zero-order valence-electron chi connectivity index (χ0n) is 11.4. The number of aliphatic hydroxyl groups excluding tert-OH is 1. The number of H-pyrrole nitrogens is 1. The number of imidazole rings is 1. The maximum atomic E-state index is 8.66. The first-order chi connectivity index (χ1) is 9.40. The predicted molar refractivity (Wildman–Crippen MR) is 78.2 cm³/mol. The van der Waals surface area contributed by atoms with Crippen LogP contribution in [0.25, 0.3) is 11.0 Å². The van der Waals surface area contributed by atoms with E-state index in [9.17, 15) is 0 Å². The average Bonchev–Trinajstić information content (AvgIpc) is 2.84. The Morgan fingerprint density at radius 3 is 2.74 bits per heavy atom. The Morgan fingerprint density at radius 2 is 1.89 bits per heavy atom. The van der Waals surface area contributed by atoms with Crippen LogP contribution in [-0.2, 0) is 6.42 Å². The summed E-state index contributed by atoms with van der Waals surface area (Å²) in [5.74, 6) is 1.07. The number of aromatic nitrogens is 2. The summed E-state index contributed by atoms with van der Waals surface area (Å²) < 4.78 is 0. The molecule has 0 spiro atoms. The Bertz CT molecular complexity index is 448. The lowest BCUT2D eigenvalue weighted by atomic mass is 10.2. The summed E-state index contributed by atoms with van der Waals surface area (Å²) in [6.07, 6.45) is 5.25. The molecule has 1 aromatic heterocycles. The highest BCUT2D eigenvalue weighted by Crippen LogP contribution is 2.10. The zero-order chi connectivity index (χ0) is 13.3. The first kappa shape index (κ1) is 14.0. The maximum absolute atomic E-state index is 8.66. The number of nitrogens with one attached hydrogen (secondary N) is 2. The molecule has 0 bridgehead atoms. The number of benzene rings is 1. The van der Waals surface area contributed by atoms with E-state index >= 15 is 0 Å². The summed E-state index contributed by atoms with van der Waals surface area (Å²) >= 11 is 0. The number of rotatable bonds is 9. The third-order valence-corrected chi connectivity index (χ3v) is 3.22. The number of hydrogen-bond acceptors (Lipinski definition) is 3. The van der Waals surface area contributed by atoms with Gasteiger partial charge in [0.2, 0.25) is 0 Å². The van der Waals surface area contributed by atoms with Gasteiger partial charge in [-0.15, -0.1) is 0 Å². The van der Waals surface area contributed by atoms with E-state index in [0.717, 1.165) is 62.1 Å². The fraction of sp³-hybridized carbons (Fsp3) is 0.533. The van der Waals surface area contributed by atoms with Gasteiger partial charge in [-0.1, -0.05) is 12.1 Å². The highest BCUT2D eigenvalue weighted by atomic mass is 16.2. The minimum Gasteiger partial charge on any atom is -0.396 e. The first-order valence-electron chi connectivity index (χ1n) is 7.15. The van der Waals surface area contributed by atoms with E-state index in [2.05, 4.69) is 21.4 Å². The van der Waals surface area contributed by atoms with Crippen LogP contribution in [0.2, 0.25) is 0 Å². The van der Waals surface area contributed by atoms with Gasteiger partial charge >= 0.3 is 0 Å². The molecule has 2 aromatic rings. The smallest absolute Gasteiger partial charge is 0.107 e. The van der Waals surface area contributed by atoms with E-state index in [1.807, 2.05) is 18.2 Å². The van der Waals surface area contributed by atoms with E-state index in [-0.39, 0.29) is 0 Å². The van der Waals surface area contributed by atoms with Gasteiger partial charge in [0, 0.05) is 13.0 Å². The Hall–Kier alpha value is -1.39. The first-order valence-corrected chi connectivity index (χ1v) is 7.15. The molecule has 19 heavy (non-hydrogen) atoms. The molecular weight excluding hydrogens is 238 g/mol. The van der Waals surface area contributed by atoms with Crippen LogP contribution in [0.3, 0.4) is 0 Å². The molecule has 4 nitrogen and oxygen atoms in total. The molecule has 0 fully saturated rings. The Labute approximate surface area is 114 Å². The van der Waals surface area contributed by atoms with Gasteiger partial charge in [-0.2, -0.15) is 0 Å². The summed E-state index contributed by atoms with van der Waals surface area (Å²) in [6.45, 7) is 2.38. The number of aryl methyl sites for hydroxylation is 1. The van der Waals surface area contributed by atoms with Crippen molar-refractivity contribution in [3.63, 3.8) is 0 Å². The molecule has 3 N–H and O–H groups in total. The largest absolute Gasteiger partial charge is 0.396 e. The van der Waals surface area contributed by atoms with E-state index in [1.54, 1.807) is 0 Å². The third kappa shape index (κ3) is 4.65. The van der Waals surface area contributed by atoms with Crippen LogP contribution in [0.1, 0.15) is 31.5 Å². The molecule has 0 saturated heterocycles. The minimum absolute atomic E-state index is 0.312. The SMILES string of the molecule is OCCCCCNCCCc1nc2ccccc2[nH]1. The highest BCUT2D eigenvalue weighted by Gasteiger charge is 2.01. The number of unbranched alkanes of at least 4 members (excludes halogenated alkanes) is 2. The molecule has 0 amide bonds. The quantitative estimate of drug-likeness (QED) is 0.607. The van der Waals surface area contributed by atoms with Gasteiger partial charge in [0.15, 0.2) is 0 Å². The monoisotopic (exact) mass is 261 g/mol. The van der Waals surface area contributed by atoms with Crippen molar-refractivity contribution in [2.45, 2.75) is 32.1 Å². The molecule has 4 heteroatoms. The number of para-hydroxylation sites is 2. The van der Waals surface area contributed by atoms with Gasteiger partial charge in [0.05, 0.1) is 11.0 Å². The maximum Gasteiger partial charge on any atom is 0.107 e. The van der Waals surface area contributed by atoms with Crippen molar-refractivity contribution in [3.8, 4) is 0 Å². The lowest BCUT2D eigenvalue weighted by Gasteiger charge is -2.03. The molecule has 0 aliphatic heterocycles. The number of aliphatic hydroxyl groups is 1. The molecule has 0 aliphatic carbocycles. The van der Waals surface area contributed by atoms with E-state index in [0.29, 0.717) is 6.61 Å². The molecule has 0 aliphatic rings. The topological polar surface area (TPSA) is 60.9 Å². The molecule has 1 aromatic carbocycles. The number of nitrogens with zero attached hydrogens (tertiary/aromatic N) is 1. The van der Waals surface area contributed by atoms with Crippen LogP contribution < -0.4 is 5.32 Å². The minimum atomic E-state index is 0.312. The summed E-state index contributed by atoms with van der Waals surface area (Å²) in [5, 5.41) is 12.1.